The molecule has 128 valence electrons. The molecule has 0 bridgehead atoms. The first-order chi connectivity index (χ1) is 9.92. The first kappa shape index (κ1) is 21.0. The number of rotatable bonds is 12. The zero-order chi connectivity index (χ0) is 16.4. The van der Waals surface area contributed by atoms with E-state index in [-0.39, 0.29) is 0 Å². The molecule has 21 heavy (non-hydrogen) atoms. The van der Waals surface area contributed by atoms with Crippen LogP contribution in [-0.4, -0.2) is 13.2 Å². The molecular weight excluding hydrogens is 256 g/mol. The minimum atomic E-state index is 0.717. The van der Waals surface area contributed by atoms with Crippen molar-refractivity contribution in [3.63, 3.8) is 0 Å². The molecule has 0 aliphatic carbocycles. The second kappa shape index (κ2) is 11.5. The van der Waals surface area contributed by atoms with E-state index in [1.165, 1.54) is 25.7 Å². The zero-order valence-electron chi connectivity index (χ0n) is 16.1. The molecule has 0 aromatic heterocycles. The Balaban J connectivity index is 4.50. The van der Waals surface area contributed by atoms with Crippen LogP contribution >= 0.6 is 0 Å². The van der Waals surface area contributed by atoms with E-state index in [2.05, 4.69) is 55.4 Å². The molecule has 0 spiro atoms. The van der Waals surface area contributed by atoms with Crippen LogP contribution in [0.25, 0.3) is 0 Å². The molecule has 4 atom stereocenters. The normalized spacial score (nSPS) is 20.6. The fourth-order valence-electron chi connectivity index (χ4n) is 3.33. The van der Waals surface area contributed by atoms with Crippen molar-refractivity contribution in [3.8, 4) is 0 Å². The quantitative estimate of drug-likeness (QED) is 0.404. The number of ether oxygens (including phenoxy) is 1. The van der Waals surface area contributed by atoms with Gasteiger partial charge in [-0.15, -0.1) is 0 Å². The van der Waals surface area contributed by atoms with Gasteiger partial charge in [-0.1, -0.05) is 81.1 Å². The Morgan fingerprint density at radius 3 is 0.952 bits per heavy atom. The first-order valence-electron chi connectivity index (χ1n) is 9.50. The Bertz CT molecular complexity index is 194. The van der Waals surface area contributed by atoms with Crippen LogP contribution in [0.4, 0.5) is 0 Å². The highest BCUT2D eigenvalue weighted by Gasteiger charge is 2.25. The average molecular weight is 299 g/mol. The van der Waals surface area contributed by atoms with Gasteiger partial charge < -0.3 is 4.74 Å². The van der Waals surface area contributed by atoms with Crippen LogP contribution < -0.4 is 0 Å². The third-order valence-corrected chi connectivity index (χ3v) is 6.12. The van der Waals surface area contributed by atoms with Crippen LogP contribution in [0.1, 0.15) is 81.1 Å². The molecule has 0 saturated heterocycles. The molecule has 4 unspecified atom stereocenters. The van der Waals surface area contributed by atoms with Crippen LogP contribution in [0.3, 0.4) is 0 Å². The molecule has 0 fully saturated rings. The minimum Gasteiger partial charge on any atom is -0.381 e. The first-order valence-corrected chi connectivity index (χ1v) is 9.50. The summed E-state index contributed by atoms with van der Waals surface area (Å²) < 4.78 is 6.25. The Morgan fingerprint density at radius 2 is 0.762 bits per heavy atom. The van der Waals surface area contributed by atoms with Gasteiger partial charge in [-0.25, -0.2) is 0 Å². The van der Waals surface area contributed by atoms with Gasteiger partial charge in [-0.2, -0.15) is 0 Å². The molecule has 0 rings (SSSR count). The van der Waals surface area contributed by atoms with E-state index in [4.69, 9.17) is 4.74 Å². The molecular formula is C20H42O. The van der Waals surface area contributed by atoms with Gasteiger partial charge in [0.1, 0.15) is 0 Å². The van der Waals surface area contributed by atoms with Gasteiger partial charge in [-0.3, -0.25) is 0 Å². The predicted molar refractivity (Wildman–Crippen MR) is 95.6 cm³/mol. The molecule has 0 aromatic rings. The summed E-state index contributed by atoms with van der Waals surface area (Å²) in [6.07, 6.45) is 5.05. The molecule has 0 heterocycles. The lowest BCUT2D eigenvalue weighted by Gasteiger charge is -2.32. The molecule has 0 aliphatic heterocycles. The average Bonchev–Trinajstić information content (AvgIpc) is 2.52. The van der Waals surface area contributed by atoms with Gasteiger partial charge in [0, 0.05) is 13.2 Å². The Morgan fingerprint density at radius 1 is 0.524 bits per heavy atom. The van der Waals surface area contributed by atoms with Crippen LogP contribution in [0.15, 0.2) is 0 Å². The lowest BCUT2D eigenvalue weighted by Crippen LogP contribution is -2.29. The van der Waals surface area contributed by atoms with E-state index in [1.54, 1.807) is 0 Å². The molecule has 0 aromatic carbocycles. The molecule has 1 heteroatoms. The third kappa shape index (κ3) is 7.17. The van der Waals surface area contributed by atoms with Gasteiger partial charge >= 0.3 is 0 Å². The summed E-state index contributed by atoms with van der Waals surface area (Å²) >= 11 is 0. The van der Waals surface area contributed by atoms with E-state index in [9.17, 15) is 0 Å². The summed E-state index contributed by atoms with van der Waals surface area (Å²) in [6.45, 7) is 20.7. The van der Waals surface area contributed by atoms with Crippen LogP contribution in [0.2, 0.25) is 0 Å². The highest BCUT2D eigenvalue weighted by Crippen LogP contribution is 2.29. The standard InChI is InChI=1S/C20H42O/c1-9-15(5)19(16(6)10-2)13-21-14-20(17(7)11-3)18(8)12-4/h15-20H,9-14H2,1-8H3. The summed E-state index contributed by atoms with van der Waals surface area (Å²) in [4.78, 5) is 0. The van der Waals surface area contributed by atoms with E-state index in [1.807, 2.05) is 0 Å². The third-order valence-electron chi connectivity index (χ3n) is 6.12. The van der Waals surface area contributed by atoms with E-state index >= 15 is 0 Å². The summed E-state index contributed by atoms with van der Waals surface area (Å²) in [5.41, 5.74) is 0. The maximum absolute atomic E-state index is 6.25. The van der Waals surface area contributed by atoms with E-state index in [0.29, 0.717) is 0 Å². The second-order valence-corrected chi connectivity index (χ2v) is 7.41. The second-order valence-electron chi connectivity index (χ2n) is 7.41. The van der Waals surface area contributed by atoms with Crippen molar-refractivity contribution >= 4 is 0 Å². The molecule has 0 saturated carbocycles. The largest absolute Gasteiger partial charge is 0.381 e. The van der Waals surface area contributed by atoms with Crippen molar-refractivity contribution in [2.45, 2.75) is 81.1 Å². The van der Waals surface area contributed by atoms with Gasteiger partial charge in [0.05, 0.1) is 0 Å². The highest BCUT2D eigenvalue weighted by molar-refractivity contribution is 4.73. The summed E-state index contributed by atoms with van der Waals surface area (Å²) in [6, 6.07) is 0. The Hall–Kier alpha value is -0.0400. The Kier molecular flexibility index (Phi) is 11.5. The van der Waals surface area contributed by atoms with Crippen molar-refractivity contribution in [1.82, 2.24) is 0 Å². The maximum Gasteiger partial charge on any atom is 0.0499 e. The number of hydrogen-bond donors (Lipinski definition) is 0. The van der Waals surface area contributed by atoms with Crippen molar-refractivity contribution in [2.75, 3.05) is 13.2 Å². The lowest BCUT2D eigenvalue weighted by molar-refractivity contribution is 0.0101. The van der Waals surface area contributed by atoms with Gasteiger partial charge in [0.25, 0.3) is 0 Å². The van der Waals surface area contributed by atoms with Crippen molar-refractivity contribution < 1.29 is 4.74 Å². The maximum atomic E-state index is 6.25. The topological polar surface area (TPSA) is 9.23 Å². The SMILES string of the molecule is CCC(C)C(COCC(C(C)CC)C(C)CC)C(C)CC. The highest BCUT2D eigenvalue weighted by atomic mass is 16.5. The molecule has 0 aliphatic rings. The molecule has 0 radical (unpaired) electrons. The summed E-state index contributed by atoms with van der Waals surface area (Å²) in [7, 11) is 0. The van der Waals surface area contributed by atoms with Crippen LogP contribution in [0.5, 0.6) is 0 Å². The molecule has 0 amide bonds. The van der Waals surface area contributed by atoms with E-state index in [0.717, 1.165) is 48.7 Å². The van der Waals surface area contributed by atoms with Crippen LogP contribution in [0, 0.1) is 35.5 Å². The van der Waals surface area contributed by atoms with Crippen molar-refractivity contribution in [2.24, 2.45) is 35.5 Å². The smallest absolute Gasteiger partial charge is 0.0499 e. The van der Waals surface area contributed by atoms with Gasteiger partial charge in [0.2, 0.25) is 0 Å². The fourth-order valence-corrected chi connectivity index (χ4v) is 3.33. The monoisotopic (exact) mass is 298 g/mol. The zero-order valence-corrected chi connectivity index (χ0v) is 16.1. The Labute approximate surface area is 135 Å². The predicted octanol–water partition coefficient (Wildman–Crippen LogP) is 6.42. The fraction of sp³-hybridized carbons (Fsp3) is 1.00. The van der Waals surface area contributed by atoms with Gasteiger partial charge in [-0.05, 0) is 35.5 Å². The van der Waals surface area contributed by atoms with Crippen LogP contribution in [-0.2, 0) is 4.74 Å². The lowest BCUT2D eigenvalue weighted by atomic mass is 9.80. The molecule has 1 nitrogen and oxygen atoms in total. The van der Waals surface area contributed by atoms with Crippen molar-refractivity contribution in [3.05, 3.63) is 0 Å². The van der Waals surface area contributed by atoms with Crippen molar-refractivity contribution in [1.29, 1.82) is 0 Å². The minimum absolute atomic E-state index is 0.717. The summed E-state index contributed by atoms with van der Waals surface area (Å²) in [5, 5.41) is 0. The molecule has 0 N–H and O–H groups in total. The van der Waals surface area contributed by atoms with Gasteiger partial charge in [0.15, 0.2) is 0 Å². The van der Waals surface area contributed by atoms with E-state index < -0.39 is 0 Å². The summed E-state index contributed by atoms with van der Waals surface area (Å²) in [5.74, 6) is 4.51. The number of hydrogen-bond acceptors (Lipinski definition) is 1.